The highest BCUT2D eigenvalue weighted by molar-refractivity contribution is 5.51. The first-order valence-corrected chi connectivity index (χ1v) is 7.91. The van der Waals surface area contributed by atoms with Crippen molar-refractivity contribution in [1.82, 2.24) is 9.80 Å². The molecular formula is C17H29N3O. The van der Waals surface area contributed by atoms with Crippen LogP contribution in [0, 0.1) is 0 Å². The first-order chi connectivity index (χ1) is 9.97. The molecule has 1 aliphatic heterocycles. The number of hydrogen-bond donors (Lipinski definition) is 1. The fourth-order valence-electron chi connectivity index (χ4n) is 2.72. The predicted molar refractivity (Wildman–Crippen MR) is 88.7 cm³/mol. The highest BCUT2D eigenvalue weighted by Crippen LogP contribution is 2.20. The molecule has 0 spiro atoms. The Kier molecular flexibility index (Phi) is 5.48. The second-order valence-electron chi connectivity index (χ2n) is 6.74. The minimum absolute atomic E-state index is 0.292. The van der Waals surface area contributed by atoms with Gasteiger partial charge in [0.05, 0.1) is 12.3 Å². The van der Waals surface area contributed by atoms with E-state index in [1.165, 1.54) is 0 Å². The molecule has 0 aromatic heterocycles. The van der Waals surface area contributed by atoms with E-state index in [0.717, 1.165) is 57.2 Å². The molecule has 4 nitrogen and oxygen atoms in total. The zero-order valence-electron chi connectivity index (χ0n) is 13.6. The third-order valence-electron chi connectivity index (χ3n) is 4.12. The van der Waals surface area contributed by atoms with Gasteiger partial charge in [-0.25, -0.2) is 0 Å². The number of ether oxygens (including phenoxy) is 1. The molecule has 1 aromatic rings. The van der Waals surface area contributed by atoms with Crippen molar-refractivity contribution >= 4 is 5.69 Å². The summed E-state index contributed by atoms with van der Waals surface area (Å²) in [5.41, 5.74) is 6.87. The molecule has 0 radical (unpaired) electrons. The smallest absolute Gasteiger partial charge is 0.142 e. The zero-order chi connectivity index (χ0) is 15.3. The Morgan fingerprint density at radius 2 is 1.76 bits per heavy atom. The Morgan fingerprint density at radius 1 is 1.10 bits per heavy atom. The standard InChI is InChI=1S/C17H29N3O/c1-17(2,3)20-12-10-19(11-13-20)9-6-14-21-16-8-5-4-7-15(16)18/h4-5,7-8H,6,9-14,18H2,1-3H3. The normalized spacial score (nSPS) is 17.9. The molecule has 21 heavy (non-hydrogen) atoms. The van der Waals surface area contributed by atoms with Crippen LogP contribution in [0.25, 0.3) is 0 Å². The number of benzene rings is 1. The summed E-state index contributed by atoms with van der Waals surface area (Å²) in [6, 6.07) is 7.69. The lowest BCUT2D eigenvalue weighted by atomic mass is 10.0. The van der Waals surface area contributed by atoms with Crippen LogP contribution in [0.1, 0.15) is 27.2 Å². The molecule has 0 saturated carbocycles. The summed E-state index contributed by atoms with van der Waals surface area (Å²) in [6.07, 6.45) is 1.05. The van der Waals surface area contributed by atoms with Crippen molar-refractivity contribution < 1.29 is 4.74 Å². The highest BCUT2D eigenvalue weighted by atomic mass is 16.5. The van der Waals surface area contributed by atoms with Crippen LogP contribution in [-0.4, -0.2) is 54.7 Å². The summed E-state index contributed by atoms with van der Waals surface area (Å²) in [5, 5.41) is 0. The monoisotopic (exact) mass is 291 g/mol. The Morgan fingerprint density at radius 3 is 2.38 bits per heavy atom. The largest absolute Gasteiger partial charge is 0.491 e. The van der Waals surface area contributed by atoms with E-state index in [9.17, 15) is 0 Å². The van der Waals surface area contributed by atoms with Gasteiger partial charge in [0.25, 0.3) is 0 Å². The molecule has 4 heteroatoms. The van der Waals surface area contributed by atoms with Gasteiger partial charge in [-0.3, -0.25) is 4.90 Å². The van der Waals surface area contributed by atoms with Gasteiger partial charge < -0.3 is 15.4 Å². The van der Waals surface area contributed by atoms with Gasteiger partial charge in [0.15, 0.2) is 0 Å². The van der Waals surface area contributed by atoms with Crippen LogP contribution in [0.4, 0.5) is 5.69 Å². The van der Waals surface area contributed by atoms with Gasteiger partial charge in [-0.1, -0.05) is 12.1 Å². The van der Waals surface area contributed by atoms with Crippen molar-refractivity contribution in [2.24, 2.45) is 0 Å². The maximum atomic E-state index is 5.86. The van der Waals surface area contributed by atoms with E-state index in [0.29, 0.717) is 5.54 Å². The molecule has 0 aliphatic carbocycles. The van der Waals surface area contributed by atoms with Gasteiger partial charge in [0.1, 0.15) is 5.75 Å². The van der Waals surface area contributed by atoms with Crippen LogP contribution in [0.2, 0.25) is 0 Å². The van der Waals surface area contributed by atoms with E-state index in [1.807, 2.05) is 24.3 Å². The molecule has 0 atom stereocenters. The number of rotatable bonds is 5. The van der Waals surface area contributed by atoms with Crippen molar-refractivity contribution in [3.8, 4) is 5.75 Å². The molecule has 0 amide bonds. The maximum Gasteiger partial charge on any atom is 0.142 e. The van der Waals surface area contributed by atoms with Crippen molar-refractivity contribution in [2.75, 3.05) is 45.1 Å². The molecule has 1 aliphatic rings. The fourth-order valence-corrected chi connectivity index (χ4v) is 2.72. The summed E-state index contributed by atoms with van der Waals surface area (Å²) in [4.78, 5) is 5.09. The topological polar surface area (TPSA) is 41.7 Å². The van der Waals surface area contributed by atoms with Crippen LogP contribution >= 0.6 is 0 Å². The summed E-state index contributed by atoms with van der Waals surface area (Å²) in [7, 11) is 0. The lowest BCUT2D eigenvalue weighted by molar-refractivity contribution is 0.0601. The minimum Gasteiger partial charge on any atom is -0.491 e. The number of piperazine rings is 1. The van der Waals surface area contributed by atoms with Gasteiger partial charge in [-0.2, -0.15) is 0 Å². The zero-order valence-corrected chi connectivity index (χ0v) is 13.6. The SMILES string of the molecule is CC(C)(C)N1CCN(CCCOc2ccccc2N)CC1. The Balaban J connectivity index is 1.63. The van der Waals surface area contributed by atoms with Gasteiger partial charge >= 0.3 is 0 Å². The highest BCUT2D eigenvalue weighted by Gasteiger charge is 2.25. The second-order valence-corrected chi connectivity index (χ2v) is 6.74. The molecule has 1 saturated heterocycles. The maximum absolute atomic E-state index is 5.86. The molecule has 1 heterocycles. The van der Waals surface area contributed by atoms with Crippen molar-refractivity contribution in [2.45, 2.75) is 32.7 Å². The minimum atomic E-state index is 0.292. The van der Waals surface area contributed by atoms with Gasteiger partial charge in [0, 0.05) is 38.3 Å². The van der Waals surface area contributed by atoms with E-state index in [-0.39, 0.29) is 0 Å². The quantitative estimate of drug-likeness (QED) is 0.668. The molecular weight excluding hydrogens is 262 g/mol. The summed E-state index contributed by atoms with van der Waals surface area (Å²) < 4.78 is 5.74. The molecule has 0 bridgehead atoms. The number of nitrogen functional groups attached to an aromatic ring is 1. The molecule has 1 aromatic carbocycles. The summed E-state index contributed by atoms with van der Waals surface area (Å²) in [6.45, 7) is 13.3. The molecule has 2 N–H and O–H groups in total. The number of hydrogen-bond acceptors (Lipinski definition) is 4. The molecule has 2 rings (SSSR count). The molecule has 118 valence electrons. The lowest BCUT2D eigenvalue weighted by Crippen LogP contribution is -2.53. The van der Waals surface area contributed by atoms with Crippen molar-refractivity contribution in [3.05, 3.63) is 24.3 Å². The van der Waals surface area contributed by atoms with Gasteiger partial charge in [-0.15, -0.1) is 0 Å². The predicted octanol–water partition coefficient (Wildman–Crippen LogP) is 2.45. The van der Waals surface area contributed by atoms with Crippen LogP contribution in [-0.2, 0) is 0 Å². The van der Waals surface area contributed by atoms with Crippen LogP contribution < -0.4 is 10.5 Å². The van der Waals surface area contributed by atoms with E-state index in [2.05, 4.69) is 30.6 Å². The molecule has 1 fully saturated rings. The third kappa shape index (κ3) is 4.90. The number of nitrogens with two attached hydrogens (primary N) is 1. The van der Waals surface area contributed by atoms with Gasteiger partial charge in [-0.05, 0) is 39.3 Å². The Bertz CT molecular complexity index is 434. The van der Waals surface area contributed by atoms with E-state index >= 15 is 0 Å². The third-order valence-corrected chi connectivity index (χ3v) is 4.12. The second kappa shape index (κ2) is 7.14. The fraction of sp³-hybridized carbons (Fsp3) is 0.647. The molecule has 0 unspecified atom stereocenters. The summed E-state index contributed by atoms with van der Waals surface area (Å²) >= 11 is 0. The van der Waals surface area contributed by atoms with Crippen molar-refractivity contribution in [1.29, 1.82) is 0 Å². The number of para-hydroxylation sites is 2. The van der Waals surface area contributed by atoms with Gasteiger partial charge in [0.2, 0.25) is 0 Å². The van der Waals surface area contributed by atoms with Crippen LogP contribution in [0.15, 0.2) is 24.3 Å². The van der Waals surface area contributed by atoms with Crippen LogP contribution in [0.3, 0.4) is 0 Å². The lowest BCUT2D eigenvalue weighted by Gasteiger charge is -2.42. The summed E-state index contributed by atoms with van der Waals surface area (Å²) in [5.74, 6) is 0.801. The van der Waals surface area contributed by atoms with Crippen LogP contribution in [0.5, 0.6) is 5.75 Å². The number of anilines is 1. The van der Waals surface area contributed by atoms with E-state index < -0.39 is 0 Å². The average Bonchev–Trinajstić information content (AvgIpc) is 2.45. The average molecular weight is 291 g/mol. The Labute approximate surface area is 128 Å². The first-order valence-electron chi connectivity index (χ1n) is 7.91. The van der Waals surface area contributed by atoms with E-state index in [1.54, 1.807) is 0 Å². The van der Waals surface area contributed by atoms with Crippen molar-refractivity contribution in [3.63, 3.8) is 0 Å². The number of nitrogens with zero attached hydrogens (tertiary/aromatic N) is 2. The first kappa shape index (κ1) is 16.1. The van der Waals surface area contributed by atoms with E-state index in [4.69, 9.17) is 10.5 Å². The Hall–Kier alpha value is -1.26.